The van der Waals surface area contributed by atoms with Crippen LogP contribution in [0.15, 0.2) is 47.7 Å². The van der Waals surface area contributed by atoms with E-state index < -0.39 is 0 Å². The number of rotatable bonds is 11. The first-order valence-electron chi connectivity index (χ1n) is 9.47. The van der Waals surface area contributed by atoms with Gasteiger partial charge >= 0.3 is 0 Å². The molecule has 1 heterocycles. The smallest absolute Gasteiger partial charge is 0.191 e. The largest absolute Gasteiger partial charge is 0.382 e. The van der Waals surface area contributed by atoms with Gasteiger partial charge in [0.2, 0.25) is 0 Å². The van der Waals surface area contributed by atoms with Crippen LogP contribution >= 0.6 is 0 Å². The number of nitrogens with one attached hydrogen (secondary N) is 2. The Labute approximate surface area is 156 Å². The molecule has 6 heteroatoms. The van der Waals surface area contributed by atoms with E-state index in [2.05, 4.69) is 46.9 Å². The van der Waals surface area contributed by atoms with E-state index in [-0.39, 0.29) is 0 Å². The van der Waals surface area contributed by atoms with Gasteiger partial charge in [0.15, 0.2) is 5.96 Å². The molecule has 0 bridgehead atoms. The molecule has 0 atom stereocenters. The third-order valence-electron chi connectivity index (χ3n) is 3.97. The summed E-state index contributed by atoms with van der Waals surface area (Å²) in [7, 11) is 0. The highest BCUT2D eigenvalue weighted by atomic mass is 16.5. The van der Waals surface area contributed by atoms with E-state index >= 15 is 0 Å². The molecule has 0 saturated carbocycles. The van der Waals surface area contributed by atoms with Gasteiger partial charge in [-0.3, -0.25) is 4.68 Å². The predicted molar refractivity (Wildman–Crippen MR) is 106 cm³/mol. The Morgan fingerprint density at radius 3 is 2.69 bits per heavy atom. The van der Waals surface area contributed by atoms with Crippen LogP contribution in [0.4, 0.5) is 0 Å². The minimum Gasteiger partial charge on any atom is -0.382 e. The first kappa shape index (κ1) is 20.0. The van der Waals surface area contributed by atoms with Gasteiger partial charge in [-0.05, 0) is 43.9 Å². The second-order valence-electron chi connectivity index (χ2n) is 6.00. The lowest BCUT2D eigenvalue weighted by atomic mass is 10.1. The molecule has 0 radical (unpaired) electrons. The molecule has 26 heavy (non-hydrogen) atoms. The first-order chi connectivity index (χ1) is 12.8. The Hall–Kier alpha value is -2.34. The summed E-state index contributed by atoms with van der Waals surface area (Å²) in [6, 6.07) is 10.3. The standard InChI is InChI=1S/C20H31N5O/c1-3-21-20(22-12-7-8-15-26-4-2)23-16-18-10-5-6-11-19(18)17-25-14-9-13-24-25/h5-6,9-11,13-14H,3-4,7-8,12,15-17H2,1-2H3,(H2,21,22,23). The van der Waals surface area contributed by atoms with Crippen molar-refractivity contribution in [1.82, 2.24) is 20.4 Å². The molecule has 1 aromatic carbocycles. The number of ether oxygens (including phenoxy) is 1. The molecule has 0 aliphatic rings. The van der Waals surface area contributed by atoms with Crippen LogP contribution in [0, 0.1) is 0 Å². The average Bonchev–Trinajstić information content (AvgIpc) is 3.16. The van der Waals surface area contributed by atoms with Crippen LogP contribution in [0.25, 0.3) is 0 Å². The summed E-state index contributed by atoms with van der Waals surface area (Å²) < 4.78 is 7.30. The van der Waals surface area contributed by atoms with E-state index in [9.17, 15) is 0 Å². The van der Waals surface area contributed by atoms with E-state index in [0.717, 1.165) is 51.6 Å². The van der Waals surface area contributed by atoms with Crippen molar-refractivity contribution in [2.45, 2.75) is 39.8 Å². The summed E-state index contributed by atoms with van der Waals surface area (Å²) in [5.74, 6) is 0.859. The fourth-order valence-corrected chi connectivity index (χ4v) is 2.62. The Morgan fingerprint density at radius 2 is 1.96 bits per heavy atom. The van der Waals surface area contributed by atoms with E-state index in [0.29, 0.717) is 6.54 Å². The van der Waals surface area contributed by atoms with Gasteiger partial charge < -0.3 is 15.4 Å². The van der Waals surface area contributed by atoms with Gasteiger partial charge in [0.25, 0.3) is 0 Å². The van der Waals surface area contributed by atoms with Gasteiger partial charge in [-0.25, -0.2) is 4.99 Å². The molecule has 0 spiro atoms. The summed E-state index contributed by atoms with van der Waals surface area (Å²) in [6.07, 6.45) is 5.92. The van der Waals surface area contributed by atoms with Gasteiger partial charge in [0, 0.05) is 38.7 Å². The van der Waals surface area contributed by atoms with Crippen molar-refractivity contribution in [2.75, 3.05) is 26.3 Å². The van der Waals surface area contributed by atoms with E-state index in [1.807, 2.05) is 23.9 Å². The topological polar surface area (TPSA) is 63.5 Å². The number of nitrogens with zero attached hydrogens (tertiary/aromatic N) is 3. The highest BCUT2D eigenvalue weighted by Crippen LogP contribution is 2.11. The molecule has 2 rings (SSSR count). The molecule has 1 aromatic heterocycles. The zero-order valence-corrected chi connectivity index (χ0v) is 15.9. The average molecular weight is 358 g/mol. The lowest BCUT2D eigenvalue weighted by Gasteiger charge is -2.12. The van der Waals surface area contributed by atoms with Crippen LogP contribution in [0.3, 0.4) is 0 Å². The molecule has 0 fully saturated rings. The predicted octanol–water partition coefficient (Wildman–Crippen LogP) is 2.80. The summed E-state index contributed by atoms with van der Waals surface area (Å²) >= 11 is 0. The van der Waals surface area contributed by atoms with Crippen molar-refractivity contribution in [3.8, 4) is 0 Å². The molecule has 2 N–H and O–H groups in total. The van der Waals surface area contributed by atoms with Gasteiger partial charge in [0.1, 0.15) is 0 Å². The molecule has 0 saturated heterocycles. The van der Waals surface area contributed by atoms with E-state index in [1.165, 1.54) is 11.1 Å². The minimum absolute atomic E-state index is 0.645. The molecule has 0 amide bonds. The van der Waals surface area contributed by atoms with Crippen LogP contribution < -0.4 is 10.6 Å². The fraction of sp³-hybridized carbons (Fsp3) is 0.500. The minimum atomic E-state index is 0.645. The van der Waals surface area contributed by atoms with Gasteiger partial charge in [-0.1, -0.05) is 24.3 Å². The lowest BCUT2D eigenvalue weighted by molar-refractivity contribution is 0.143. The van der Waals surface area contributed by atoms with Crippen molar-refractivity contribution in [3.05, 3.63) is 53.9 Å². The van der Waals surface area contributed by atoms with Crippen molar-refractivity contribution in [2.24, 2.45) is 4.99 Å². The molecule has 0 aliphatic carbocycles. The van der Waals surface area contributed by atoms with Crippen LogP contribution in [-0.4, -0.2) is 42.0 Å². The van der Waals surface area contributed by atoms with Gasteiger partial charge in [-0.2, -0.15) is 5.10 Å². The van der Waals surface area contributed by atoms with Crippen LogP contribution in [0.2, 0.25) is 0 Å². The summed E-state index contributed by atoms with van der Waals surface area (Å²) in [6.45, 7) is 8.87. The fourth-order valence-electron chi connectivity index (χ4n) is 2.62. The number of hydrogen-bond acceptors (Lipinski definition) is 3. The van der Waals surface area contributed by atoms with Crippen molar-refractivity contribution >= 4 is 5.96 Å². The Balaban J connectivity index is 1.89. The third kappa shape index (κ3) is 7.27. The summed E-state index contributed by atoms with van der Waals surface area (Å²) in [5.41, 5.74) is 2.46. The number of hydrogen-bond donors (Lipinski definition) is 2. The number of guanidine groups is 1. The molecule has 2 aromatic rings. The summed E-state index contributed by atoms with van der Waals surface area (Å²) in [4.78, 5) is 4.74. The highest BCUT2D eigenvalue weighted by Gasteiger charge is 2.04. The molecule has 142 valence electrons. The molecule has 0 aliphatic heterocycles. The molecule has 6 nitrogen and oxygen atoms in total. The van der Waals surface area contributed by atoms with Crippen LogP contribution in [-0.2, 0) is 17.8 Å². The van der Waals surface area contributed by atoms with E-state index in [1.54, 1.807) is 6.20 Å². The lowest BCUT2D eigenvalue weighted by Crippen LogP contribution is -2.37. The highest BCUT2D eigenvalue weighted by molar-refractivity contribution is 5.79. The zero-order chi connectivity index (χ0) is 18.5. The van der Waals surface area contributed by atoms with Crippen LogP contribution in [0.5, 0.6) is 0 Å². The molecular formula is C20H31N5O. The van der Waals surface area contributed by atoms with Crippen LogP contribution in [0.1, 0.15) is 37.8 Å². The van der Waals surface area contributed by atoms with E-state index in [4.69, 9.17) is 9.73 Å². The summed E-state index contributed by atoms with van der Waals surface area (Å²) in [5, 5.41) is 11.0. The second kappa shape index (κ2) is 12.1. The first-order valence-corrected chi connectivity index (χ1v) is 9.47. The number of aliphatic imine (C=N–C) groups is 1. The number of unbranched alkanes of at least 4 members (excludes halogenated alkanes) is 1. The molecular weight excluding hydrogens is 326 g/mol. The van der Waals surface area contributed by atoms with Gasteiger partial charge in [-0.15, -0.1) is 0 Å². The zero-order valence-electron chi connectivity index (χ0n) is 15.9. The maximum atomic E-state index is 5.37. The maximum absolute atomic E-state index is 5.37. The number of aromatic nitrogens is 2. The van der Waals surface area contributed by atoms with Crippen molar-refractivity contribution in [3.63, 3.8) is 0 Å². The van der Waals surface area contributed by atoms with Crippen molar-refractivity contribution < 1.29 is 4.74 Å². The Bertz CT molecular complexity index is 639. The monoisotopic (exact) mass is 357 g/mol. The Morgan fingerprint density at radius 1 is 1.12 bits per heavy atom. The van der Waals surface area contributed by atoms with Crippen molar-refractivity contribution in [1.29, 1.82) is 0 Å². The van der Waals surface area contributed by atoms with Gasteiger partial charge in [0.05, 0.1) is 13.1 Å². The SMILES string of the molecule is CCNC(=NCc1ccccc1Cn1cccn1)NCCCCOCC. The second-order valence-corrected chi connectivity index (χ2v) is 6.00. The normalized spacial score (nSPS) is 11.5. The number of benzene rings is 1. The Kier molecular flexibility index (Phi) is 9.29. The third-order valence-corrected chi connectivity index (χ3v) is 3.97. The quantitative estimate of drug-likeness (QED) is 0.369. The molecule has 0 unspecified atom stereocenters. The maximum Gasteiger partial charge on any atom is 0.191 e.